The third-order valence-electron chi connectivity index (χ3n) is 7.35. The minimum Gasteiger partial charge on any atom is -0.491 e. The Morgan fingerprint density at radius 3 is 2.40 bits per heavy atom. The van der Waals surface area contributed by atoms with Gasteiger partial charge in [-0.15, -0.1) is 0 Å². The van der Waals surface area contributed by atoms with Crippen molar-refractivity contribution in [3.63, 3.8) is 0 Å². The molecule has 4 rings (SSSR count). The fraction of sp³-hybridized carbons (Fsp3) is 0.500. The lowest BCUT2D eigenvalue weighted by molar-refractivity contribution is -0.233. The van der Waals surface area contributed by atoms with Gasteiger partial charge in [-0.3, -0.25) is 9.59 Å². The number of Topliss-reactive ketones (excluding diaryl/α,β-unsaturated/α-hetero) is 1. The summed E-state index contributed by atoms with van der Waals surface area (Å²) < 4.78 is 16.9. The SMILES string of the molecule is CNC(=O)c1cccc(-c2ccc(OCC3OC(CO)C(=O)C(C(O)C4OC(CO)CC(O)C4O)C3O)cc2)c1. The fourth-order valence-corrected chi connectivity index (χ4v) is 5.11. The Bertz CT molecular complexity index is 1160. The molecule has 9 unspecified atom stereocenters. The average Bonchev–Trinajstić information content (AvgIpc) is 2.98. The van der Waals surface area contributed by atoms with Gasteiger partial charge in [0, 0.05) is 19.0 Å². The molecule has 1 amide bonds. The lowest BCUT2D eigenvalue weighted by Gasteiger charge is -2.44. The quantitative estimate of drug-likeness (QED) is 0.191. The maximum absolute atomic E-state index is 12.9. The zero-order valence-corrected chi connectivity index (χ0v) is 21.9. The van der Waals surface area contributed by atoms with Gasteiger partial charge in [-0.25, -0.2) is 0 Å². The van der Waals surface area contributed by atoms with Crippen molar-refractivity contribution >= 4 is 11.7 Å². The van der Waals surface area contributed by atoms with Gasteiger partial charge in [0.1, 0.15) is 36.8 Å². The van der Waals surface area contributed by atoms with Crippen molar-refractivity contribution in [3.05, 3.63) is 54.1 Å². The van der Waals surface area contributed by atoms with Crippen molar-refractivity contribution in [2.75, 3.05) is 26.9 Å². The Kier molecular flexibility index (Phi) is 9.87. The third-order valence-corrected chi connectivity index (χ3v) is 7.35. The topological polar surface area (TPSA) is 195 Å². The van der Waals surface area contributed by atoms with Crippen LogP contribution in [-0.2, 0) is 14.3 Å². The van der Waals surface area contributed by atoms with E-state index in [-0.39, 0.29) is 18.9 Å². The Hall–Kier alpha value is -2.94. The molecule has 7 N–H and O–H groups in total. The van der Waals surface area contributed by atoms with E-state index in [1.54, 1.807) is 49.5 Å². The van der Waals surface area contributed by atoms with Crippen LogP contribution in [-0.4, -0.2) is 118 Å². The fourth-order valence-electron chi connectivity index (χ4n) is 5.11. The van der Waals surface area contributed by atoms with Crippen molar-refractivity contribution in [1.29, 1.82) is 0 Å². The number of hydrogen-bond donors (Lipinski definition) is 7. The molecular formula is C28H35NO11. The molecule has 2 fully saturated rings. The van der Waals surface area contributed by atoms with Crippen LogP contribution >= 0.6 is 0 Å². The monoisotopic (exact) mass is 561 g/mol. The predicted molar refractivity (Wildman–Crippen MR) is 139 cm³/mol. The first-order chi connectivity index (χ1) is 19.2. The third kappa shape index (κ3) is 6.35. The number of nitrogens with one attached hydrogen (secondary N) is 1. The Morgan fingerprint density at radius 1 is 1.02 bits per heavy atom. The first-order valence-electron chi connectivity index (χ1n) is 13.0. The van der Waals surface area contributed by atoms with E-state index in [0.29, 0.717) is 11.3 Å². The van der Waals surface area contributed by atoms with Gasteiger partial charge >= 0.3 is 0 Å². The number of carbonyl (C=O) groups excluding carboxylic acids is 2. The average molecular weight is 562 g/mol. The number of benzene rings is 2. The maximum atomic E-state index is 12.9. The number of rotatable bonds is 9. The molecule has 2 aliphatic heterocycles. The molecule has 2 aromatic carbocycles. The molecule has 0 saturated carbocycles. The zero-order valence-electron chi connectivity index (χ0n) is 21.9. The Morgan fingerprint density at radius 2 is 1.75 bits per heavy atom. The van der Waals surface area contributed by atoms with Crippen molar-refractivity contribution in [2.24, 2.45) is 5.92 Å². The van der Waals surface area contributed by atoms with Gasteiger partial charge in [-0.2, -0.15) is 0 Å². The molecule has 9 atom stereocenters. The number of aliphatic hydroxyl groups excluding tert-OH is 6. The Balaban J connectivity index is 1.45. The lowest BCUT2D eigenvalue weighted by Crippen LogP contribution is -2.63. The molecule has 2 saturated heterocycles. The molecule has 40 heavy (non-hydrogen) atoms. The van der Waals surface area contributed by atoms with Crippen molar-refractivity contribution < 1.29 is 54.4 Å². The summed E-state index contributed by atoms with van der Waals surface area (Å²) in [5.41, 5.74) is 2.16. The summed E-state index contributed by atoms with van der Waals surface area (Å²) in [6, 6.07) is 14.0. The predicted octanol–water partition coefficient (Wildman–Crippen LogP) is -1.37. The first kappa shape index (κ1) is 30.0. The number of hydrogen-bond acceptors (Lipinski definition) is 11. The van der Waals surface area contributed by atoms with Gasteiger partial charge in [-0.05, 0) is 35.4 Å². The molecule has 2 aromatic rings. The van der Waals surface area contributed by atoms with Crippen LogP contribution in [0.4, 0.5) is 0 Å². The van der Waals surface area contributed by atoms with Gasteiger partial charge < -0.3 is 50.2 Å². The second-order valence-electron chi connectivity index (χ2n) is 9.95. The van der Waals surface area contributed by atoms with Gasteiger partial charge in [0.05, 0.1) is 43.5 Å². The number of aliphatic hydroxyl groups is 6. The molecule has 2 aliphatic rings. The molecule has 12 heteroatoms. The highest BCUT2D eigenvalue weighted by molar-refractivity contribution is 5.95. The van der Waals surface area contributed by atoms with Crippen molar-refractivity contribution in [1.82, 2.24) is 5.32 Å². The van der Waals surface area contributed by atoms with Gasteiger partial charge in [0.25, 0.3) is 5.91 Å². The lowest BCUT2D eigenvalue weighted by atomic mass is 9.79. The summed E-state index contributed by atoms with van der Waals surface area (Å²) >= 11 is 0. The number of ether oxygens (including phenoxy) is 3. The second kappa shape index (κ2) is 13.1. The zero-order chi connectivity index (χ0) is 29.0. The molecular weight excluding hydrogens is 526 g/mol. The van der Waals surface area contributed by atoms with E-state index in [0.717, 1.165) is 11.1 Å². The van der Waals surface area contributed by atoms with E-state index < -0.39 is 73.7 Å². The van der Waals surface area contributed by atoms with Crippen molar-refractivity contribution in [3.8, 4) is 16.9 Å². The highest BCUT2D eigenvalue weighted by Crippen LogP contribution is 2.32. The van der Waals surface area contributed by atoms with E-state index in [1.165, 1.54) is 0 Å². The van der Waals surface area contributed by atoms with Crippen LogP contribution in [0.15, 0.2) is 48.5 Å². The van der Waals surface area contributed by atoms with Crippen LogP contribution in [0.25, 0.3) is 11.1 Å². The summed E-state index contributed by atoms with van der Waals surface area (Å²) in [7, 11) is 1.56. The van der Waals surface area contributed by atoms with Crippen LogP contribution in [0.5, 0.6) is 5.75 Å². The summed E-state index contributed by atoms with van der Waals surface area (Å²) in [6.07, 6.45) is -11.2. The Labute approximate surface area is 230 Å². The van der Waals surface area contributed by atoms with E-state index in [1.807, 2.05) is 6.07 Å². The normalized spacial score (nSPS) is 31.4. The minimum atomic E-state index is -1.77. The minimum absolute atomic E-state index is 0.0702. The standard InChI is InChI=1S/C28H35NO11/c1-29-28(37)16-4-2-3-15(9-16)14-5-7-17(8-6-14)38-13-21-25(35)22(24(34)20(12-31)40-21)26(36)27-23(33)19(32)10-18(11-30)39-27/h2-9,18-23,25-27,30-33,35-36H,10-13H2,1H3,(H,29,37). The highest BCUT2D eigenvalue weighted by atomic mass is 16.6. The molecule has 2 heterocycles. The molecule has 0 radical (unpaired) electrons. The second-order valence-corrected chi connectivity index (χ2v) is 9.95. The largest absolute Gasteiger partial charge is 0.491 e. The van der Waals surface area contributed by atoms with Crippen LogP contribution in [0.1, 0.15) is 16.8 Å². The number of ketones is 1. The molecule has 0 aromatic heterocycles. The van der Waals surface area contributed by atoms with Crippen LogP contribution in [0.2, 0.25) is 0 Å². The molecule has 12 nitrogen and oxygen atoms in total. The van der Waals surface area contributed by atoms with Gasteiger partial charge in [0.15, 0.2) is 5.78 Å². The summed E-state index contributed by atoms with van der Waals surface area (Å²) in [4.78, 5) is 24.9. The van der Waals surface area contributed by atoms with Crippen LogP contribution < -0.4 is 10.1 Å². The van der Waals surface area contributed by atoms with Gasteiger partial charge in [0.2, 0.25) is 0 Å². The maximum Gasteiger partial charge on any atom is 0.251 e. The van der Waals surface area contributed by atoms with Gasteiger partial charge in [-0.1, -0.05) is 24.3 Å². The number of carbonyl (C=O) groups is 2. The van der Waals surface area contributed by atoms with Crippen LogP contribution in [0.3, 0.4) is 0 Å². The van der Waals surface area contributed by atoms with E-state index in [4.69, 9.17) is 14.2 Å². The first-order valence-corrected chi connectivity index (χ1v) is 13.0. The number of amides is 1. The van der Waals surface area contributed by atoms with E-state index >= 15 is 0 Å². The molecule has 0 aliphatic carbocycles. The molecule has 0 bridgehead atoms. The highest BCUT2D eigenvalue weighted by Gasteiger charge is 2.52. The summed E-state index contributed by atoms with van der Waals surface area (Å²) in [5.74, 6) is -2.11. The van der Waals surface area contributed by atoms with E-state index in [2.05, 4.69) is 5.32 Å². The van der Waals surface area contributed by atoms with Crippen molar-refractivity contribution in [2.45, 2.75) is 55.3 Å². The summed E-state index contributed by atoms with van der Waals surface area (Å²) in [5, 5.41) is 64.3. The molecule has 218 valence electrons. The smallest absolute Gasteiger partial charge is 0.251 e. The summed E-state index contributed by atoms with van der Waals surface area (Å²) in [6.45, 7) is -1.44. The van der Waals surface area contributed by atoms with E-state index in [9.17, 15) is 40.2 Å². The van der Waals surface area contributed by atoms with Crippen LogP contribution in [0, 0.1) is 5.92 Å². The molecule has 0 spiro atoms.